The fraction of sp³-hybridized carbons (Fsp3) is 0.308. The molecule has 0 bridgehead atoms. The van der Waals surface area contributed by atoms with Gasteiger partial charge in [0, 0.05) is 18.2 Å². The number of benzene rings is 1. The number of hydrogen-bond acceptors (Lipinski definition) is 2. The first-order valence-corrected chi connectivity index (χ1v) is 6.12. The molecule has 16 heavy (non-hydrogen) atoms. The van der Waals surface area contributed by atoms with Crippen LogP contribution in [-0.4, -0.2) is 9.55 Å². The van der Waals surface area contributed by atoms with E-state index in [0.29, 0.717) is 5.25 Å². The summed E-state index contributed by atoms with van der Waals surface area (Å²) in [6.45, 7) is 1.06. The van der Waals surface area contributed by atoms with Crippen LogP contribution < -0.4 is 0 Å². The summed E-state index contributed by atoms with van der Waals surface area (Å²) in [6, 6.07) is 10.5. The topological polar surface area (TPSA) is 17.8 Å². The van der Waals surface area contributed by atoms with Crippen LogP contribution in [0.3, 0.4) is 0 Å². The van der Waals surface area contributed by atoms with Crippen molar-refractivity contribution in [2.45, 2.75) is 24.6 Å². The summed E-state index contributed by atoms with van der Waals surface area (Å²) in [4.78, 5) is 4.50. The lowest BCUT2D eigenvalue weighted by atomic mass is 10.1. The minimum absolute atomic E-state index is 0.362. The van der Waals surface area contributed by atoms with Gasteiger partial charge in [-0.25, -0.2) is 4.98 Å². The van der Waals surface area contributed by atoms with Gasteiger partial charge in [0.1, 0.15) is 0 Å². The molecule has 0 fully saturated rings. The van der Waals surface area contributed by atoms with Crippen LogP contribution in [0.4, 0.5) is 0 Å². The maximum Gasteiger partial charge on any atom is 0.0952 e. The van der Waals surface area contributed by atoms with Gasteiger partial charge >= 0.3 is 0 Å². The molecule has 2 heterocycles. The predicted octanol–water partition coefficient (Wildman–Crippen LogP) is 2.85. The summed E-state index contributed by atoms with van der Waals surface area (Å²) in [7, 11) is 0. The van der Waals surface area contributed by atoms with Gasteiger partial charge in [-0.05, 0) is 12.0 Å². The average Bonchev–Trinajstić information content (AvgIpc) is 2.86. The highest BCUT2D eigenvalue weighted by Gasteiger charge is 2.23. The quantitative estimate of drug-likeness (QED) is 0.785. The summed E-state index contributed by atoms with van der Waals surface area (Å²) < 4.78 is 2.23. The summed E-state index contributed by atoms with van der Waals surface area (Å²) in [5, 5.41) is 0.362. The first-order valence-electron chi connectivity index (χ1n) is 5.60. The molecule has 0 aliphatic carbocycles. The second-order valence-corrected chi connectivity index (χ2v) is 4.86. The van der Waals surface area contributed by atoms with E-state index < -0.39 is 0 Å². The third-order valence-electron chi connectivity index (χ3n) is 3.13. The molecule has 0 saturated heterocycles. The van der Waals surface area contributed by atoms with Gasteiger partial charge in [-0.2, -0.15) is 12.6 Å². The van der Waals surface area contributed by atoms with Crippen molar-refractivity contribution in [1.82, 2.24) is 9.55 Å². The van der Waals surface area contributed by atoms with E-state index >= 15 is 0 Å². The Morgan fingerprint density at radius 2 is 2.12 bits per heavy atom. The molecule has 2 aromatic rings. The predicted molar refractivity (Wildman–Crippen MR) is 67.8 cm³/mol. The lowest BCUT2D eigenvalue weighted by Crippen LogP contribution is -1.96. The minimum Gasteiger partial charge on any atom is -0.333 e. The van der Waals surface area contributed by atoms with Crippen molar-refractivity contribution in [3.63, 3.8) is 0 Å². The molecule has 0 radical (unpaired) electrons. The van der Waals surface area contributed by atoms with Crippen molar-refractivity contribution in [2.24, 2.45) is 0 Å². The fourth-order valence-electron chi connectivity index (χ4n) is 2.32. The molecule has 0 amide bonds. The van der Waals surface area contributed by atoms with Crippen molar-refractivity contribution in [3.05, 3.63) is 53.6 Å². The molecule has 82 valence electrons. The molecular formula is C13H14N2S. The van der Waals surface area contributed by atoms with Crippen molar-refractivity contribution in [3.8, 4) is 0 Å². The number of rotatable bonds is 2. The van der Waals surface area contributed by atoms with Gasteiger partial charge in [0.2, 0.25) is 0 Å². The zero-order valence-electron chi connectivity index (χ0n) is 9.00. The van der Waals surface area contributed by atoms with Gasteiger partial charge < -0.3 is 4.57 Å². The zero-order chi connectivity index (χ0) is 11.0. The van der Waals surface area contributed by atoms with Gasteiger partial charge in [0.05, 0.1) is 17.7 Å². The van der Waals surface area contributed by atoms with Crippen molar-refractivity contribution in [2.75, 3.05) is 0 Å². The maximum absolute atomic E-state index is 4.61. The number of fused-ring (bicyclic) bond motifs is 1. The molecule has 1 atom stereocenters. The van der Waals surface area contributed by atoms with E-state index in [4.69, 9.17) is 0 Å². The van der Waals surface area contributed by atoms with E-state index in [1.165, 1.54) is 17.0 Å². The highest BCUT2D eigenvalue weighted by atomic mass is 32.1. The normalized spacial score (nSPS) is 18.7. The molecule has 3 heteroatoms. The van der Waals surface area contributed by atoms with E-state index in [1.54, 1.807) is 0 Å². The summed E-state index contributed by atoms with van der Waals surface area (Å²) >= 11 is 4.61. The zero-order valence-corrected chi connectivity index (χ0v) is 9.90. The van der Waals surface area contributed by atoms with Gasteiger partial charge in [-0.3, -0.25) is 0 Å². The Bertz CT molecular complexity index is 490. The van der Waals surface area contributed by atoms with Gasteiger partial charge in [0.25, 0.3) is 0 Å². The van der Waals surface area contributed by atoms with E-state index in [0.717, 1.165) is 19.4 Å². The highest BCUT2D eigenvalue weighted by Crippen LogP contribution is 2.33. The molecule has 1 aliphatic heterocycles. The minimum atomic E-state index is 0.362. The molecule has 0 saturated carbocycles. The van der Waals surface area contributed by atoms with Gasteiger partial charge in [-0.15, -0.1) is 0 Å². The summed E-state index contributed by atoms with van der Waals surface area (Å²) in [5.74, 6) is 0. The van der Waals surface area contributed by atoms with Crippen LogP contribution in [0, 0.1) is 0 Å². The number of thiol groups is 1. The van der Waals surface area contributed by atoms with Gasteiger partial charge in [-0.1, -0.05) is 30.3 Å². The molecule has 1 aliphatic rings. The molecule has 1 unspecified atom stereocenters. The number of hydrogen-bond donors (Lipinski definition) is 1. The lowest BCUT2D eigenvalue weighted by molar-refractivity contribution is 0.739. The van der Waals surface area contributed by atoms with Crippen LogP contribution in [-0.2, 0) is 13.0 Å². The third kappa shape index (κ3) is 1.65. The number of nitrogens with zero attached hydrogens (tertiary/aromatic N) is 2. The number of aromatic nitrogens is 2. The van der Waals surface area contributed by atoms with Gasteiger partial charge in [0.15, 0.2) is 0 Å². The second-order valence-electron chi connectivity index (χ2n) is 4.24. The van der Waals surface area contributed by atoms with Crippen LogP contribution in [0.2, 0.25) is 0 Å². The van der Waals surface area contributed by atoms with Crippen LogP contribution in [0.5, 0.6) is 0 Å². The standard InChI is InChI=1S/C13H14N2S/c16-12-6-7-15-9-14-11(13(12)15)8-10-4-2-1-3-5-10/h1-5,9,12,16H,6-8H2. The molecule has 2 nitrogen and oxygen atoms in total. The summed E-state index contributed by atoms with van der Waals surface area (Å²) in [5.41, 5.74) is 3.81. The Hall–Kier alpha value is -1.22. The highest BCUT2D eigenvalue weighted by molar-refractivity contribution is 7.80. The Labute approximate surface area is 101 Å². The molecule has 1 aromatic carbocycles. The molecule has 1 aromatic heterocycles. The Morgan fingerprint density at radius 3 is 2.94 bits per heavy atom. The SMILES string of the molecule is SC1CCn2cnc(Cc3ccccc3)c21. The molecular weight excluding hydrogens is 216 g/mol. The van der Waals surface area contributed by atoms with Crippen molar-refractivity contribution >= 4 is 12.6 Å². The molecule has 3 rings (SSSR count). The lowest BCUT2D eigenvalue weighted by Gasteiger charge is -2.04. The third-order valence-corrected chi connectivity index (χ3v) is 3.63. The second kappa shape index (κ2) is 3.98. The largest absolute Gasteiger partial charge is 0.333 e. The number of imidazole rings is 1. The Balaban J connectivity index is 1.92. The smallest absolute Gasteiger partial charge is 0.0952 e. The van der Waals surface area contributed by atoms with E-state index in [1.807, 2.05) is 12.4 Å². The monoisotopic (exact) mass is 230 g/mol. The Morgan fingerprint density at radius 1 is 1.31 bits per heavy atom. The van der Waals surface area contributed by atoms with E-state index in [9.17, 15) is 0 Å². The van der Waals surface area contributed by atoms with Crippen LogP contribution in [0.1, 0.15) is 28.6 Å². The summed E-state index contributed by atoms with van der Waals surface area (Å²) in [6.07, 6.45) is 3.99. The first kappa shape index (κ1) is 9.97. The van der Waals surface area contributed by atoms with Crippen molar-refractivity contribution in [1.29, 1.82) is 0 Å². The van der Waals surface area contributed by atoms with Crippen LogP contribution in [0.25, 0.3) is 0 Å². The fourth-order valence-corrected chi connectivity index (χ4v) is 2.73. The molecule has 0 spiro atoms. The first-order chi connectivity index (χ1) is 7.84. The molecule has 0 N–H and O–H groups in total. The van der Waals surface area contributed by atoms with E-state index in [2.05, 4.69) is 46.4 Å². The Kier molecular flexibility index (Phi) is 2.48. The van der Waals surface area contributed by atoms with Crippen LogP contribution >= 0.6 is 12.6 Å². The average molecular weight is 230 g/mol. The van der Waals surface area contributed by atoms with Crippen molar-refractivity contribution < 1.29 is 0 Å². The van der Waals surface area contributed by atoms with Crippen LogP contribution in [0.15, 0.2) is 36.7 Å². The number of aryl methyl sites for hydroxylation is 1. The maximum atomic E-state index is 4.61. The van der Waals surface area contributed by atoms with E-state index in [-0.39, 0.29) is 0 Å².